The lowest BCUT2D eigenvalue weighted by molar-refractivity contribution is -0.166. The molecule has 5 heteroatoms. The fourth-order valence-electron chi connectivity index (χ4n) is 3.56. The third-order valence-corrected chi connectivity index (χ3v) is 5.56. The molecule has 0 fully saturated rings. The lowest BCUT2D eigenvalue weighted by Gasteiger charge is -2.35. The van der Waals surface area contributed by atoms with Gasteiger partial charge in [-0.2, -0.15) is 0 Å². The second-order valence-electron chi connectivity index (χ2n) is 8.34. The molecule has 0 aliphatic carbocycles. The predicted octanol–water partition coefficient (Wildman–Crippen LogP) is 4.34. The molecule has 0 radical (unpaired) electrons. The van der Waals surface area contributed by atoms with Crippen molar-refractivity contribution < 1.29 is 25.2 Å². The minimum absolute atomic E-state index is 0.00308. The molecule has 28 heavy (non-hydrogen) atoms. The van der Waals surface area contributed by atoms with Crippen LogP contribution in [0.1, 0.15) is 110 Å². The van der Waals surface area contributed by atoms with Gasteiger partial charge in [-0.15, -0.1) is 0 Å². The summed E-state index contributed by atoms with van der Waals surface area (Å²) in [4.78, 5) is 0. The first-order valence-corrected chi connectivity index (χ1v) is 11.8. The molecule has 0 aliphatic heterocycles. The molecule has 4 N–H and O–H groups in total. The van der Waals surface area contributed by atoms with Crippen molar-refractivity contribution in [2.75, 3.05) is 19.8 Å². The van der Waals surface area contributed by atoms with Crippen molar-refractivity contribution in [2.24, 2.45) is 0 Å². The summed E-state index contributed by atoms with van der Waals surface area (Å²) in [6.45, 7) is 4.38. The SMILES string of the molecule is CCCCCCCCCOCC(O)(CCCCCCCCC)C(O)C(O)CO. The minimum atomic E-state index is -1.51. The third kappa shape index (κ3) is 13.9. The maximum absolute atomic E-state index is 10.9. The molecule has 0 heterocycles. The topological polar surface area (TPSA) is 90.2 Å². The van der Waals surface area contributed by atoms with E-state index in [0.29, 0.717) is 13.0 Å². The highest BCUT2D eigenvalue weighted by molar-refractivity contribution is 4.90. The second-order valence-corrected chi connectivity index (χ2v) is 8.34. The van der Waals surface area contributed by atoms with Crippen LogP contribution in [0.25, 0.3) is 0 Å². The zero-order chi connectivity index (χ0) is 21.1. The Morgan fingerprint density at radius 3 is 1.68 bits per heavy atom. The first kappa shape index (κ1) is 27.8. The van der Waals surface area contributed by atoms with Crippen LogP contribution in [-0.4, -0.2) is 58.1 Å². The molecule has 0 saturated carbocycles. The summed E-state index contributed by atoms with van der Waals surface area (Å²) < 4.78 is 5.65. The summed E-state index contributed by atoms with van der Waals surface area (Å²) in [7, 11) is 0. The minimum Gasteiger partial charge on any atom is -0.394 e. The van der Waals surface area contributed by atoms with E-state index in [1.54, 1.807) is 0 Å². The lowest BCUT2D eigenvalue weighted by Crippen LogP contribution is -2.53. The van der Waals surface area contributed by atoms with E-state index in [4.69, 9.17) is 9.84 Å². The van der Waals surface area contributed by atoms with E-state index >= 15 is 0 Å². The fourth-order valence-corrected chi connectivity index (χ4v) is 3.56. The van der Waals surface area contributed by atoms with Crippen molar-refractivity contribution in [3.8, 4) is 0 Å². The van der Waals surface area contributed by atoms with E-state index in [9.17, 15) is 15.3 Å². The first-order valence-electron chi connectivity index (χ1n) is 11.8. The highest BCUT2D eigenvalue weighted by Gasteiger charge is 2.39. The van der Waals surface area contributed by atoms with Gasteiger partial charge in [0, 0.05) is 6.61 Å². The van der Waals surface area contributed by atoms with Crippen LogP contribution in [-0.2, 0) is 4.74 Å². The molecule has 0 rings (SSSR count). The van der Waals surface area contributed by atoms with E-state index in [-0.39, 0.29) is 6.61 Å². The van der Waals surface area contributed by atoms with Gasteiger partial charge in [-0.05, 0) is 12.8 Å². The van der Waals surface area contributed by atoms with Gasteiger partial charge >= 0.3 is 0 Å². The Labute approximate surface area is 173 Å². The molecule has 0 aromatic heterocycles. The first-order chi connectivity index (χ1) is 13.5. The Bertz CT molecular complexity index is 326. The van der Waals surface area contributed by atoms with Crippen molar-refractivity contribution >= 4 is 0 Å². The molecule has 3 atom stereocenters. The molecule has 3 unspecified atom stereocenters. The molecule has 0 aromatic rings. The van der Waals surface area contributed by atoms with E-state index < -0.39 is 24.4 Å². The zero-order valence-corrected chi connectivity index (χ0v) is 18.6. The maximum atomic E-state index is 10.9. The van der Waals surface area contributed by atoms with Crippen molar-refractivity contribution in [1.29, 1.82) is 0 Å². The third-order valence-electron chi connectivity index (χ3n) is 5.56. The van der Waals surface area contributed by atoms with Gasteiger partial charge in [0.25, 0.3) is 0 Å². The van der Waals surface area contributed by atoms with Gasteiger partial charge in [0.15, 0.2) is 0 Å². The molecular formula is C23H48O5. The Kier molecular flexibility index (Phi) is 18.7. The van der Waals surface area contributed by atoms with Gasteiger partial charge in [-0.25, -0.2) is 0 Å². The standard InChI is InChI=1S/C23H48O5/c1-3-5-7-9-11-13-15-17-23(27,22(26)21(25)19-24)20-28-18-16-14-12-10-8-6-4-2/h21-22,24-27H,3-20H2,1-2H3. The molecule has 0 saturated heterocycles. The van der Waals surface area contributed by atoms with Crippen molar-refractivity contribution in [3.63, 3.8) is 0 Å². The van der Waals surface area contributed by atoms with E-state index in [1.807, 2.05) is 0 Å². The van der Waals surface area contributed by atoms with Crippen LogP contribution in [0.4, 0.5) is 0 Å². The van der Waals surface area contributed by atoms with Gasteiger partial charge in [-0.3, -0.25) is 0 Å². The van der Waals surface area contributed by atoms with E-state index in [1.165, 1.54) is 57.8 Å². The number of hydrogen-bond acceptors (Lipinski definition) is 5. The molecule has 0 spiro atoms. The van der Waals surface area contributed by atoms with Gasteiger partial charge in [0.1, 0.15) is 17.8 Å². The zero-order valence-electron chi connectivity index (χ0n) is 18.6. The Balaban J connectivity index is 4.14. The highest BCUT2D eigenvalue weighted by Crippen LogP contribution is 2.23. The summed E-state index contributed by atoms with van der Waals surface area (Å²) in [5.74, 6) is 0. The summed E-state index contributed by atoms with van der Waals surface area (Å²) in [5.41, 5.74) is -1.51. The largest absolute Gasteiger partial charge is 0.394 e. The number of aliphatic hydroxyl groups is 4. The molecule has 170 valence electrons. The molecule has 0 aromatic carbocycles. The summed E-state index contributed by atoms with van der Waals surface area (Å²) >= 11 is 0. The van der Waals surface area contributed by atoms with Gasteiger partial charge in [0.2, 0.25) is 0 Å². The molecular weight excluding hydrogens is 356 g/mol. The number of ether oxygens (including phenoxy) is 1. The summed E-state index contributed by atoms with van der Waals surface area (Å²) in [5, 5.41) is 40.1. The van der Waals surface area contributed by atoms with Crippen LogP contribution in [0.2, 0.25) is 0 Å². The molecule has 0 amide bonds. The number of rotatable bonds is 21. The average Bonchev–Trinajstić information content (AvgIpc) is 2.70. The summed E-state index contributed by atoms with van der Waals surface area (Å²) in [6.07, 6.45) is 13.8. The molecule has 5 nitrogen and oxygen atoms in total. The van der Waals surface area contributed by atoms with Crippen molar-refractivity contribution in [1.82, 2.24) is 0 Å². The van der Waals surface area contributed by atoms with Crippen LogP contribution in [0.5, 0.6) is 0 Å². The smallest absolute Gasteiger partial charge is 0.116 e. The second kappa shape index (κ2) is 18.8. The van der Waals surface area contributed by atoms with Crippen LogP contribution in [0.15, 0.2) is 0 Å². The van der Waals surface area contributed by atoms with Gasteiger partial charge in [-0.1, -0.05) is 97.3 Å². The fraction of sp³-hybridized carbons (Fsp3) is 1.00. The van der Waals surface area contributed by atoms with Gasteiger partial charge < -0.3 is 25.2 Å². The molecule has 0 bridgehead atoms. The predicted molar refractivity (Wildman–Crippen MR) is 115 cm³/mol. The molecule has 0 aliphatic rings. The van der Waals surface area contributed by atoms with E-state index in [0.717, 1.165) is 32.1 Å². The Hall–Kier alpha value is -0.200. The van der Waals surface area contributed by atoms with E-state index in [2.05, 4.69) is 13.8 Å². The van der Waals surface area contributed by atoms with Crippen molar-refractivity contribution in [2.45, 2.75) is 128 Å². The average molecular weight is 405 g/mol. The van der Waals surface area contributed by atoms with Crippen LogP contribution < -0.4 is 0 Å². The number of unbranched alkanes of at least 4 members (excludes halogenated alkanes) is 12. The quantitative estimate of drug-likeness (QED) is 0.214. The normalized spacial score (nSPS) is 16.1. The van der Waals surface area contributed by atoms with Crippen LogP contribution in [0.3, 0.4) is 0 Å². The monoisotopic (exact) mass is 404 g/mol. The number of hydrogen-bond donors (Lipinski definition) is 4. The Morgan fingerprint density at radius 2 is 1.18 bits per heavy atom. The lowest BCUT2D eigenvalue weighted by atomic mass is 9.87. The maximum Gasteiger partial charge on any atom is 0.116 e. The Morgan fingerprint density at radius 1 is 0.714 bits per heavy atom. The number of aliphatic hydroxyl groups excluding tert-OH is 3. The summed E-state index contributed by atoms with van der Waals surface area (Å²) in [6, 6.07) is 0. The van der Waals surface area contributed by atoms with Crippen LogP contribution in [0, 0.1) is 0 Å². The van der Waals surface area contributed by atoms with Crippen LogP contribution >= 0.6 is 0 Å². The van der Waals surface area contributed by atoms with Gasteiger partial charge in [0.05, 0.1) is 13.2 Å². The highest BCUT2D eigenvalue weighted by atomic mass is 16.5. The van der Waals surface area contributed by atoms with Crippen molar-refractivity contribution in [3.05, 3.63) is 0 Å².